The summed E-state index contributed by atoms with van der Waals surface area (Å²) in [5.74, 6) is -0.280. The molecular weight excluding hydrogens is 256 g/mol. The zero-order valence-corrected chi connectivity index (χ0v) is 11.4. The van der Waals surface area contributed by atoms with Gasteiger partial charge in [-0.15, -0.1) is 0 Å². The number of carbonyl (C=O) groups excluding carboxylic acids is 2. The lowest BCUT2D eigenvalue weighted by molar-refractivity contribution is -0.126. The topological polar surface area (TPSA) is 69.6 Å². The monoisotopic (exact) mass is 276 g/mol. The average Bonchev–Trinajstić information content (AvgIpc) is 2.52. The van der Waals surface area contributed by atoms with Gasteiger partial charge in [-0.25, -0.2) is 0 Å². The van der Waals surface area contributed by atoms with Crippen LogP contribution in [-0.2, 0) is 4.79 Å². The predicted octanol–water partition coefficient (Wildman–Crippen LogP) is 0.647. The normalized spacial score (nSPS) is 18.6. The van der Waals surface area contributed by atoms with Crippen molar-refractivity contribution < 1.29 is 14.7 Å². The average molecular weight is 276 g/mol. The number of benzene rings is 1. The molecule has 1 atom stereocenters. The number of likely N-dealkylation sites (tertiary alicyclic amines) is 1. The Bertz CT molecular complexity index is 461. The number of nitrogens with zero attached hydrogens (tertiary/aromatic N) is 1. The molecule has 0 spiro atoms. The minimum atomic E-state index is -0.178. The number of hydrogen-bond acceptors (Lipinski definition) is 3. The van der Waals surface area contributed by atoms with E-state index in [9.17, 15) is 9.59 Å². The maximum absolute atomic E-state index is 12.3. The van der Waals surface area contributed by atoms with Crippen LogP contribution in [0.3, 0.4) is 0 Å². The number of hydrogen-bond donors (Lipinski definition) is 2. The van der Waals surface area contributed by atoms with Gasteiger partial charge in [0.2, 0.25) is 5.91 Å². The summed E-state index contributed by atoms with van der Waals surface area (Å²) in [7, 11) is 0. The van der Waals surface area contributed by atoms with E-state index in [0.29, 0.717) is 18.7 Å². The van der Waals surface area contributed by atoms with E-state index in [1.54, 1.807) is 17.0 Å². The van der Waals surface area contributed by atoms with Crippen LogP contribution in [0.15, 0.2) is 30.3 Å². The van der Waals surface area contributed by atoms with Crippen LogP contribution < -0.4 is 5.32 Å². The number of rotatable bonds is 4. The van der Waals surface area contributed by atoms with E-state index in [0.717, 1.165) is 12.8 Å². The SMILES string of the molecule is O=C(NCCO)C1CCCN(C(=O)c2ccccc2)C1. The molecule has 1 aromatic rings. The zero-order chi connectivity index (χ0) is 14.4. The molecular formula is C15H20N2O3. The minimum Gasteiger partial charge on any atom is -0.395 e. The molecule has 1 aliphatic rings. The highest BCUT2D eigenvalue weighted by atomic mass is 16.3. The fourth-order valence-corrected chi connectivity index (χ4v) is 2.46. The van der Waals surface area contributed by atoms with Crippen LogP contribution in [-0.4, -0.2) is 48.1 Å². The van der Waals surface area contributed by atoms with Gasteiger partial charge >= 0.3 is 0 Å². The first-order chi connectivity index (χ1) is 9.72. The van der Waals surface area contributed by atoms with Gasteiger partial charge in [0.25, 0.3) is 5.91 Å². The van der Waals surface area contributed by atoms with Crippen LogP contribution in [0.1, 0.15) is 23.2 Å². The van der Waals surface area contributed by atoms with Crippen molar-refractivity contribution in [3.63, 3.8) is 0 Å². The third-order valence-corrected chi connectivity index (χ3v) is 3.51. The molecule has 1 unspecified atom stereocenters. The molecule has 1 aromatic carbocycles. The van der Waals surface area contributed by atoms with E-state index < -0.39 is 0 Å². The lowest BCUT2D eigenvalue weighted by Gasteiger charge is -2.32. The number of aliphatic hydroxyl groups is 1. The van der Waals surface area contributed by atoms with Crippen LogP contribution in [0, 0.1) is 5.92 Å². The number of aliphatic hydroxyl groups excluding tert-OH is 1. The third-order valence-electron chi connectivity index (χ3n) is 3.51. The highest BCUT2D eigenvalue weighted by Gasteiger charge is 2.28. The molecule has 1 aliphatic heterocycles. The number of amides is 2. The summed E-state index contributed by atoms with van der Waals surface area (Å²) in [5.41, 5.74) is 0.656. The van der Waals surface area contributed by atoms with Crippen LogP contribution in [0.25, 0.3) is 0 Å². The second-order valence-corrected chi connectivity index (χ2v) is 4.97. The summed E-state index contributed by atoms with van der Waals surface area (Å²) in [6.07, 6.45) is 1.62. The molecule has 0 saturated carbocycles. The Morgan fingerprint density at radius 1 is 1.30 bits per heavy atom. The number of piperidine rings is 1. The van der Waals surface area contributed by atoms with Crippen LogP contribution >= 0.6 is 0 Å². The van der Waals surface area contributed by atoms with Crippen LogP contribution in [0.4, 0.5) is 0 Å². The molecule has 1 saturated heterocycles. The van der Waals surface area contributed by atoms with Crippen molar-refractivity contribution >= 4 is 11.8 Å². The molecule has 5 nitrogen and oxygen atoms in total. The lowest BCUT2D eigenvalue weighted by atomic mass is 9.96. The first kappa shape index (κ1) is 14.5. The van der Waals surface area contributed by atoms with E-state index in [4.69, 9.17) is 5.11 Å². The molecule has 20 heavy (non-hydrogen) atoms. The Labute approximate surface area is 118 Å². The van der Waals surface area contributed by atoms with E-state index in [2.05, 4.69) is 5.32 Å². The standard InChI is InChI=1S/C15H20N2O3/c18-10-8-16-14(19)13-7-4-9-17(11-13)15(20)12-5-2-1-3-6-12/h1-3,5-6,13,18H,4,7-11H2,(H,16,19). The molecule has 2 amide bonds. The fraction of sp³-hybridized carbons (Fsp3) is 0.467. The molecule has 0 bridgehead atoms. The maximum atomic E-state index is 12.3. The van der Waals surface area contributed by atoms with Gasteiger partial charge in [-0.2, -0.15) is 0 Å². The molecule has 0 aromatic heterocycles. The lowest BCUT2D eigenvalue weighted by Crippen LogP contribution is -2.45. The Morgan fingerprint density at radius 3 is 2.75 bits per heavy atom. The van der Waals surface area contributed by atoms with Gasteiger partial charge in [0.15, 0.2) is 0 Å². The van der Waals surface area contributed by atoms with Gasteiger partial charge in [0.1, 0.15) is 0 Å². The molecule has 1 fully saturated rings. The highest BCUT2D eigenvalue weighted by molar-refractivity contribution is 5.94. The van der Waals surface area contributed by atoms with Crippen molar-refractivity contribution in [3.8, 4) is 0 Å². The van der Waals surface area contributed by atoms with Crippen molar-refractivity contribution in [2.24, 2.45) is 5.92 Å². The number of nitrogens with one attached hydrogen (secondary N) is 1. The van der Waals surface area contributed by atoms with Crippen molar-refractivity contribution in [2.45, 2.75) is 12.8 Å². The van der Waals surface area contributed by atoms with Gasteiger partial charge < -0.3 is 15.3 Å². The molecule has 5 heteroatoms. The zero-order valence-electron chi connectivity index (χ0n) is 11.4. The van der Waals surface area contributed by atoms with E-state index >= 15 is 0 Å². The largest absolute Gasteiger partial charge is 0.395 e. The van der Waals surface area contributed by atoms with Crippen molar-refractivity contribution in [2.75, 3.05) is 26.2 Å². The third kappa shape index (κ3) is 3.57. The molecule has 1 heterocycles. The van der Waals surface area contributed by atoms with Crippen molar-refractivity contribution in [3.05, 3.63) is 35.9 Å². The van der Waals surface area contributed by atoms with Gasteiger partial charge in [-0.05, 0) is 25.0 Å². The highest BCUT2D eigenvalue weighted by Crippen LogP contribution is 2.18. The Hall–Kier alpha value is -1.88. The van der Waals surface area contributed by atoms with E-state index in [-0.39, 0.29) is 30.9 Å². The predicted molar refractivity (Wildman–Crippen MR) is 75.2 cm³/mol. The second-order valence-electron chi connectivity index (χ2n) is 4.97. The molecule has 108 valence electrons. The Balaban J connectivity index is 1.96. The van der Waals surface area contributed by atoms with Crippen molar-refractivity contribution in [1.29, 1.82) is 0 Å². The quantitative estimate of drug-likeness (QED) is 0.848. The maximum Gasteiger partial charge on any atom is 0.253 e. The molecule has 2 rings (SSSR count). The molecule has 0 radical (unpaired) electrons. The summed E-state index contributed by atoms with van der Waals surface area (Å²) in [6, 6.07) is 9.12. The van der Waals surface area contributed by atoms with Crippen LogP contribution in [0.5, 0.6) is 0 Å². The summed E-state index contributed by atoms with van der Waals surface area (Å²) >= 11 is 0. The molecule has 2 N–H and O–H groups in total. The van der Waals surface area contributed by atoms with Gasteiger partial charge in [0.05, 0.1) is 12.5 Å². The Kier molecular flexibility index (Phi) is 5.12. The minimum absolute atomic E-state index is 0.0229. The summed E-state index contributed by atoms with van der Waals surface area (Å²) in [4.78, 5) is 26.0. The first-order valence-electron chi connectivity index (χ1n) is 6.95. The van der Waals surface area contributed by atoms with Crippen LogP contribution in [0.2, 0.25) is 0 Å². The van der Waals surface area contributed by atoms with E-state index in [1.165, 1.54) is 0 Å². The van der Waals surface area contributed by atoms with E-state index in [1.807, 2.05) is 18.2 Å². The summed E-state index contributed by atoms with van der Waals surface area (Å²) in [6.45, 7) is 1.34. The smallest absolute Gasteiger partial charge is 0.253 e. The molecule has 0 aliphatic carbocycles. The van der Waals surface area contributed by atoms with Gasteiger partial charge in [-0.3, -0.25) is 9.59 Å². The first-order valence-corrected chi connectivity index (χ1v) is 6.95. The number of carbonyl (C=O) groups is 2. The van der Waals surface area contributed by atoms with Gasteiger partial charge in [-0.1, -0.05) is 18.2 Å². The summed E-state index contributed by atoms with van der Waals surface area (Å²) in [5, 5.41) is 11.4. The Morgan fingerprint density at radius 2 is 2.05 bits per heavy atom. The fourth-order valence-electron chi connectivity index (χ4n) is 2.46. The van der Waals surface area contributed by atoms with Crippen molar-refractivity contribution in [1.82, 2.24) is 10.2 Å². The second kappa shape index (κ2) is 7.05. The summed E-state index contributed by atoms with van der Waals surface area (Å²) < 4.78 is 0. The van der Waals surface area contributed by atoms with Gasteiger partial charge in [0, 0.05) is 25.2 Å².